The van der Waals surface area contributed by atoms with Gasteiger partial charge in [0.05, 0.1) is 21.6 Å². The third-order valence-corrected chi connectivity index (χ3v) is 4.94. The van der Waals surface area contributed by atoms with Crippen molar-refractivity contribution in [1.29, 1.82) is 0 Å². The van der Waals surface area contributed by atoms with Crippen molar-refractivity contribution in [2.45, 2.75) is 6.36 Å². The van der Waals surface area contributed by atoms with E-state index in [2.05, 4.69) is 20.0 Å². The SMILES string of the molecule is O=C(Nc1ccc(OC(F)(F)F)cc1-c1nc2ccccc2[nH]c1=O)c1cccs1. The number of carbonyl (C=O) groups excluding carboxylic acids is 1. The van der Waals surface area contributed by atoms with Crippen LogP contribution in [-0.2, 0) is 0 Å². The van der Waals surface area contributed by atoms with Crippen LogP contribution in [0.2, 0.25) is 0 Å². The fourth-order valence-corrected chi connectivity index (χ4v) is 3.45. The number of anilines is 1. The molecule has 0 atom stereocenters. The lowest BCUT2D eigenvalue weighted by atomic mass is 10.1. The topological polar surface area (TPSA) is 84.1 Å². The zero-order valence-corrected chi connectivity index (χ0v) is 15.8. The van der Waals surface area contributed by atoms with E-state index < -0.39 is 23.6 Å². The number of nitrogens with one attached hydrogen (secondary N) is 2. The molecule has 0 saturated carbocycles. The highest BCUT2D eigenvalue weighted by Gasteiger charge is 2.31. The number of hydrogen-bond donors (Lipinski definition) is 2. The van der Waals surface area contributed by atoms with E-state index in [0.29, 0.717) is 15.9 Å². The van der Waals surface area contributed by atoms with Crippen LogP contribution >= 0.6 is 11.3 Å². The number of fused-ring (bicyclic) bond motifs is 1. The first-order valence-electron chi connectivity index (χ1n) is 8.54. The van der Waals surface area contributed by atoms with Crippen LogP contribution in [-0.4, -0.2) is 22.2 Å². The number of aromatic amines is 1. The van der Waals surface area contributed by atoms with Crippen molar-refractivity contribution in [3.05, 3.63) is 75.2 Å². The maximum atomic E-state index is 12.7. The van der Waals surface area contributed by atoms with E-state index in [0.717, 1.165) is 12.1 Å². The molecule has 0 spiro atoms. The lowest BCUT2D eigenvalue weighted by Gasteiger charge is -2.14. The average molecular weight is 431 g/mol. The predicted molar refractivity (Wildman–Crippen MR) is 107 cm³/mol. The van der Waals surface area contributed by atoms with Gasteiger partial charge in [0.15, 0.2) is 0 Å². The summed E-state index contributed by atoms with van der Waals surface area (Å²) in [4.78, 5) is 32.4. The molecule has 1 amide bonds. The summed E-state index contributed by atoms with van der Waals surface area (Å²) >= 11 is 1.20. The van der Waals surface area contributed by atoms with Crippen LogP contribution in [0.15, 0.2) is 64.8 Å². The maximum Gasteiger partial charge on any atom is 0.573 e. The molecule has 0 fully saturated rings. The van der Waals surface area contributed by atoms with Gasteiger partial charge in [-0.25, -0.2) is 4.98 Å². The standard InChI is InChI=1S/C20H12F3N3O3S/c21-20(22,23)29-11-7-8-13(25-18(27)16-6-3-9-30-16)12(10-11)17-19(28)26-15-5-2-1-4-14(15)24-17/h1-10H,(H,25,27)(H,26,28). The molecule has 0 aliphatic heterocycles. The Kier molecular flexibility index (Phi) is 5.00. The Morgan fingerprint density at radius 3 is 2.63 bits per heavy atom. The van der Waals surface area contributed by atoms with Crippen LogP contribution in [0.25, 0.3) is 22.3 Å². The van der Waals surface area contributed by atoms with Crippen LogP contribution in [0.1, 0.15) is 9.67 Å². The van der Waals surface area contributed by atoms with Crippen LogP contribution < -0.4 is 15.6 Å². The second-order valence-electron chi connectivity index (χ2n) is 6.12. The number of carbonyl (C=O) groups is 1. The molecule has 2 N–H and O–H groups in total. The summed E-state index contributed by atoms with van der Waals surface area (Å²) in [6.07, 6.45) is -4.91. The number of hydrogen-bond acceptors (Lipinski definition) is 5. The van der Waals surface area contributed by atoms with Gasteiger partial charge < -0.3 is 15.0 Å². The summed E-state index contributed by atoms with van der Waals surface area (Å²) in [6.45, 7) is 0. The number of halogens is 3. The van der Waals surface area contributed by atoms with Gasteiger partial charge in [-0.3, -0.25) is 9.59 Å². The number of aromatic nitrogens is 2. The smallest absolute Gasteiger partial charge is 0.406 e. The summed E-state index contributed by atoms with van der Waals surface area (Å²) in [7, 11) is 0. The van der Waals surface area contributed by atoms with Gasteiger partial charge in [-0.2, -0.15) is 0 Å². The summed E-state index contributed by atoms with van der Waals surface area (Å²) < 4.78 is 42.0. The normalized spacial score (nSPS) is 11.4. The molecule has 0 aliphatic rings. The quantitative estimate of drug-likeness (QED) is 0.486. The largest absolute Gasteiger partial charge is 0.573 e. The average Bonchev–Trinajstić information content (AvgIpc) is 3.22. The highest BCUT2D eigenvalue weighted by atomic mass is 32.1. The predicted octanol–water partition coefficient (Wildman–Crippen LogP) is 4.80. The molecule has 2 heterocycles. The van der Waals surface area contributed by atoms with E-state index in [4.69, 9.17) is 0 Å². The molecule has 4 aromatic rings. The van der Waals surface area contributed by atoms with Crippen molar-refractivity contribution in [2.24, 2.45) is 0 Å². The lowest BCUT2D eigenvalue weighted by molar-refractivity contribution is -0.274. The first kappa shape index (κ1) is 19.6. The fourth-order valence-electron chi connectivity index (χ4n) is 2.83. The molecule has 0 saturated heterocycles. The first-order chi connectivity index (χ1) is 14.3. The Bertz CT molecular complexity index is 1280. The molecule has 0 aliphatic carbocycles. The van der Waals surface area contributed by atoms with E-state index >= 15 is 0 Å². The molecule has 2 aromatic carbocycles. The van der Waals surface area contributed by atoms with Crippen molar-refractivity contribution in [3.8, 4) is 17.0 Å². The molecule has 6 nitrogen and oxygen atoms in total. The number of para-hydroxylation sites is 2. The molecule has 4 rings (SSSR count). The molecular formula is C20H12F3N3O3S. The van der Waals surface area contributed by atoms with Crippen LogP contribution in [0.5, 0.6) is 5.75 Å². The minimum atomic E-state index is -4.91. The minimum Gasteiger partial charge on any atom is -0.406 e. The van der Waals surface area contributed by atoms with E-state index in [1.54, 1.807) is 41.8 Å². The molecule has 0 unspecified atom stereocenters. The van der Waals surface area contributed by atoms with E-state index in [1.807, 2.05) is 0 Å². The third-order valence-electron chi connectivity index (χ3n) is 4.07. The van der Waals surface area contributed by atoms with E-state index in [1.165, 1.54) is 17.4 Å². The zero-order valence-electron chi connectivity index (χ0n) is 15.0. The van der Waals surface area contributed by atoms with Gasteiger partial charge in [0, 0.05) is 5.56 Å². The summed E-state index contributed by atoms with van der Waals surface area (Å²) in [5, 5.41) is 4.33. The zero-order chi connectivity index (χ0) is 21.3. The Hall–Kier alpha value is -3.66. The van der Waals surface area contributed by atoms with E-state index in [-0.39, 0.29) is 16.9 Å². The fraction of sp³-hybridized carbons (Fsp3) is 0.0500. The molecular weight excluding hydrogens is 419 g/mol. The van der Waals surface area contributed by atoms with Crippen molar-refractivity contribution >= 4 is 34.0 Å². The number of rotatable bonds is 4. The highest BCUT2D eigenvalue weighted by molar-refractivity contribution is 7.12. The Morgan fingerprint density at radius 2 is 1.90 bits per heavy atom. The molecule has 0 bridgehead atoms. The lowest BCUT2D eigenvalue weighted by Crippen LogP contribution is -2.18. The van der Waals surface area contributed by atoms with Crippen molar-refractivity contribution in [3.63, 3.8) is 0 Å². The van der Waals surface area contributed by atoms with Gasteiger partial charge >= 0.3 is 6.36 Å². The van der Waals surface area contributed by atoms with E-state index in [9.17, 15) is 22.8 Å². The minimum absolute atomic E-state index is 0.00587. The van der Waals surface area contributed by atoms with Crippen molar-refractivity contribution in [2.75, 3.05) is 5.32 Å². The van der Waals surface area contributed by atoms with Gasteiger partial charge in [-0.15, -0.1) is 24.5 Å². The molecule has 2 aromatic heterocycles. The summed E-state index contributed by atoms with van der Waals surface area (Å²) in [6, 6.07) is 13.3. The van der Waals surface area contributed by atoms with Crippen LogP contribution in [0, 0.1) is 0 Å². The second kappa shape index (κ2) is 7.64. The Balaban J connectivity index is 1.84. The highest BCUT2D eigenvalue weighted by Crippen LogP contribution is 2.32. The molecule has 152 valence electrons. The van der Waals surface area contributed by atoms with Gasteiger partial charge in [0.2, 0.25) is 0 Å². The summed E-state index contributed by atoms with van der Waals surface area (Å²) in [5.41, 5.74) is 0.250. The van der Waals surface area contributed by atoms with Crippen LogP contribution in [0.3, 0.4) is 0 Å². The number of thiophene rings is 1. The second-order valence-corrected chi connectivity index (χ2v) is 7.07. The number of ether oxygens (including phenoxy) is 1. The molecule has 0 radical (unpaired) electrons. The molecule has 10 heteroatoms. The summed E-state index contributed by atoms with van der Waals surface area (Å²) in [5.74, 6) is -1.01. The van der Waals surface area contributed by atoms with Crippen LogP contribution in [0.4, 0.5) is 18.9 Å². The van der Waals surface area contributed by atoms with Gasteiger partial charge in [-0.05, 0) is 41.8 Å². The Labute approximate surface area is 171 Å². The van der Waals surface area contributed by atoms with Crippen molar-refractivity contribution < 1.29 is 22.7 Å². The van der Waals surface area contributed by atoms with Gasteiger partial charge in [-0.1, -0.05) is 18.2 Å². The van der Waals surface area contributed by atoms with Crippen molar-refractivity contribution in [1.82, 2.24) is 9.97 Å². The molecule has 30 heavy (non-hydrogen) atoms. The number of amides is 1. The number of H-pyrrole nitrogens is 1. The maximum absolute atomic E-state index is 12.7. The van der Waals surface area contributed by atoms with Gasteiger partial charge in [0.25, 0.3) is 11.5 Å². The third kappa shape index (κ3) is 4.18. The number of benzene rings is 2. The monoisotopic (exact) mass is 431 g/mol. The number of nitrogens with zero attached hydrogens (tertiary/aromatic N) is 1. The number of alkyl halides is 3. The Morgan fingerprint density at radius 1 is 1.10 bits per heavy atom. The first-order valence-corrected chi connectivity index (χ1v) is 9.42. The van der Waals surface area contributed by atoms with Gasteiger partial charge in [0.1, 0.15) is 11.4 Å².